The zero-order valence-corrected chi connectivity index (χ0v) is 19.4. The van der Waals surface area contributed by atoms with Crippen LogP contribution in [0.3, 0.4) is 0 Å². The maximum atomic E-state index is 12.9. The second-order valence-electron chi connectivity index (χ2n) is 8.11. The first-order valence-electron chi connectivity index (χ1n) is 10.9. The molecule has 1 saturated heterocycles. The standard InChI is InChI=1S/C24H21N5O2S2/c30-21(29-11-5-6-15(13-29)23-26-19-9-3-4-10-20(19)33-23)14-32-24-28-27-22(31-24)17-12-25-18-8-2-1-7-16(17)18/h1-4,7-10,12,15,25H,5-6,11,13-14H2/t15-/m0/s1. The van der Waals surface area contributed by atoms with Crippen molar-refractivity contribution in [2.75, 3.05) is 18.8 Å². The Balaban J connectivity index is 1.10. The molecule has 1 atom stereocenters. The lowest BCUT2D eigenvalue weighted by atomic mass is 9.99. The van der Waals surface area contributed by atoms with E-state index in [2.05, 4.69) is 21.2 Å². The molecule has 0 unspecified atom stereocenters. The molecule has 5 aromatic rings. The lowest BCUT2D eigenvalue weighted by molar-refractivity contribution is -0.129. The molecule has 4 heterocycles. The highest BCUT2D eigenvalue weighted by atomic mass is 32.2. The number of aromatic amines is 1. The van der Waals surface area contributed by atoms with Gasteiger partial charge in [0.05, 0.1) is 26.5 Å². The Kier molecular flexibility index (Phi) is 5.35. The van der Waals surface area contributed by atoms with Gasteiger partial charge in [-0.05, 0) is 31.0 Å². The predicted molar refractivity (Wildman–Crippen MR) is 130 cm³/mol. The van der Waals surface area contributed by atoms with Crippen LogP contribution in [0.25, 0.3) is 32.6 Å². The number of likely N-dealkylation sites (tertiary alicyclic amines) is 1. The van der Waals surface area contributed by atoms with Crippen molar-refractivity contribution < 1.29 is 9.21 Å². The zero-order valence-electron chi connectivity index (χ0n) is 17.7. The van der Waals surface area contributed by atoms with Crippen LogP contribution in [-0.4, -0.2) is 49.8 Å². The van der Waals surface area contributed by atoms with Crippen LogP contribution in [0.2, 0.25) is 0 Å². The first kappa shape index (κ1) is 20.4. The molecule has 0 bridgehead atoms. The smallest absolute Gasteiger partial charge is 0.277 e. The minimum atomic E-state index is 0.0951. The number of carbonyl (C=O) groups excluding carboxylic acids is 1. The fraction of sp³-hybridized carbons (Fsp3) is 0.250. The van der Waals surface area contributed by atoms with E-state index >= 15 is 0 Å². The van der Waals surface area contributed by atoms with Gasteiger partial charge in [-0.2, -0.15) is 0 Å². The summed E-state index contributed by atoms with van der Waals surface area (Å²) < 4.78 is 7.04. The van der Waals surface area contributed by atoms with Crippen LogP contribution in [0, 0.1) is 0 Å². The molecule has 0 saturated carbocycles. The Morgan fingerprint density at radius 2 is 2.06 bits per heavy atom. The summed E-state index contributed by atoms with van der Waals surface area (Å²) in [6.45, 7) is 1.49. The number of hydrogen-bond donors (Lipinski definition) is 1. The average molecular weight is 476 g/mol. The zero-order chi connectivity index (χ0) is 22.2. The Hall–Kier alpha value is -3.17. The number of H-pyrrole nitrogens is 1. The maximum absolute atomic E-state index is 12.9. The van der Waals surface area contributed by atoms with Gasteiger partial charge in [0.2, 0.25) is 5.91 Å². The van der Waals surface area contributed by atoms with Crippen molar-refractivity contribution in [3.05, 3.63) is 59.7 Å². The van der Waals surface area contributed by atoms with E-state index in [4.69, 9.17) is 9.40 Å². The molecular formula is C24H21N5O2S2. The van der Waals surface area contributed by atoms with Crippen LogP contribution in [0.1, 0.15) is 23.8 Å². The summed E-state index contributed by atoms with van der Waals surface area (Å²) in [7, 11) is 0. The number of nitrogens with zero attached hydrogens (tertiary/aromatic N) is 4. The molecule has 0 spiro atoms. The number of amides is 1. The number of aromatic nitrogens is 4. The molecule has 7 nitrogen and oxygen atoms in total. The van der Waals surface area contributed by atoms with Crippen LogP contribution in [0.5, 0.6) is 0 Å². The number of hydrogen-bond acceptors (Lipinski definition) is 7. The van der Waals surface area contributed by atoms with Crippen LogP contribution < -0.4 is 0 Å². The monoisotopic (exact) mass is 475 g/mol. The number of piperidine rings is 1. The molecular weight excluding hydrogens is 454 g/mol. The second-order valence-corrected chi connectivity index (χ2v) is 10.1. The summed E-state index contributed by atoms with van der Waals surface area (Å²) in [6, 6.07) is 16.2. The van der Waals surface area contributed by atoms with Gasteiger partial charge >= 0.3 is 0 Å². The van der Waals surface area contributed by atoms with Crippen molar-refractivity contribution in [3.8, 4) is 11.5 Å². The lowest BCUT2D eigenvalue weighted by Gasteiger charge is -2.31. The molecule has 6 rings (SSSR count). The van der Waals surface area contributed by atoms with Gasteiger partial charge in [0, 0.05) is 36.1 Å². The Morgan fingerprint density at radius 3 is 3.00 bits per heavy atom. The van der Waals surface area contributed by atoms with Crippen molar-refractivity contribution >= 4 is 50.1 Å². The van der Waals surface area contributed by atoms with Crippen LogP contribution in [0.15, 0.2) is 64.4 Å². The molecule has 1 fully saturated rings. The highest BCUT2D eigenvalue weighted by molar-refractivity contribution is 7.99. The Bertz CT molecular complexity index is 1410. The van der Waals surface area contributed by atoms with E-state index in [1.807, 2.05) is 53.6 Å². The summed E-state index contributed by atoms with van der Waals surface area (Å²) in [6.07, 6.45) is 3.92. The van der Waals surface area contributed by atoms with Crippen molar-refractivity contribution in [3.63, 3.8) is 0 Å². The fourth-order valence-corrected chi connectivity index (χ4v) is 6.07. The maximum Gasteiger partial charge on any atom is 0.277 e. The number of nitrogens with one attached hydrogen (secondary N) is 1. The topological polar surface area (TPSA) is 87.9 Å². The van der Waals surface area contributed by atoms with Crippen LogP contribution in [0.4, 0.5) is 0 Å². The van der Waals surface area contributed by atoms with Gasteiger partial charge in [-0.15, -0.1) is 21.5 Å². The van der Waals surface area contributed by atoms with Gasteiger partial charge in [0.1, 0.15) is 0 Å². The molecule has 0 radical (unpaired) electrons. The third-order valence-electron chi connectivity index (χ3n) is 5.98. The number of benzene rings is 2. The lowest BCUT2D eigenvalue weighted by Crippen LogP contribution is -2.40. The van der Waals surface area contributed by atoms with Gasteiger partial charge in [-0.1, -0.05) is 42.1 Å². The predicted octanol–water partition coefficient (Wildman–Crippen LogP) is 5.33. The fourth-order valence-electron chi connectivity index (χ4n) is 4.31. The van der Waals surface area contributed by atoms with Gasteiger partial charge in [0.15, 0.2) is 0 Å². The molecule has 0 aliphatic carbocycles. The number of fused-ring (bicyclic) bond motifs is 2. The van der Waals surface area contributed by atoms with E-state index in [1.54, 1.807) is 11.3 Å². The summed E-state index contributed by atoms with van der Waals surface area (Å²) in [5.74, 6) is 1.12. The second kappa shape index (κ2) is 8.64. The van der Waals surface area contributed by atoms with Gasteiger partial charge in [-0.25, -0.2) is 4.98 Å². The molecule has 9 heteroatoms. The highest BCUT2D eigenvalue weighted by Gasteiger charge is 2.27. The Labute approximate surface area is 198 Å². The summed E-state index contributed by atoms with van der Waals surface area (Å²) >= 11 is 3.03. The summed E-state index contributed by atoms with van der Waals surface area (Å²) in [5, 5.41) is 10.9. The summed E-state index contributed by atoms with van der Waals surface area (Å²) in [5.41, 5.74) is 2.92. The van der Waals surface area contributed by atoms with Crippen molar-refractivity contribution in [1.29, 1.82) is 0 Å². The van der Waals surface area contributed by atoms with E-state index in [-0.39, 0.29) is 11.7 Å². The third-order valence-corrected chi connectivity index (χ3v) is 7.98. The minimum Gasteiger partial charge on any atom is -0.411 e. The molecule has 166 valence electrons. The van der Waals surface area contributed by atoms with E-state index in [0.717, 1.165) is 46.4 Å². The number of para-hydroxylation sites is 2. The third kappa shape index (κ3) is 4.02. The number of carbonyl (C=O) groups is 1. The molecule has 2 aromatic carbocycles. The SMILES string of the molecule is O=C(CSc1nnc(-c2c[nH]c3ccccc23)o1)N1CCC[C@H](c2nc3ccccc3s2)C1. The first-order valence-corrected chi connectivity index (χ1v) is 12.7. The van der Waals surface area contributed by atoms with Gasteiger partial charge in [0.25, 0.3) is 11.1 Å². The summed E-state index contributed by atoms with van der Waals surface area (Å²) in [4.78, 5) is 22.9. The van der Waals surface area contributed by atoms with E-state index in [1.165, 1.54) is 16.5 Å². The Morgan fingerprint density at radius 1 is 1.18 bits per heavy atom. The van der Waals surface area contributed by atoms with Crippen molar-refractivity contribution in [2.45, 2.75) is 24.0 Å². The largest absolute Gasteiger partial charge is 0.411 e. The van der Waals surface area contributed by atoms with Crippen molar-refractivity contribution in [2.24, 2.45) is 0 Å². The normalized spacial score (nSPS) is 16.6. The average Bonchev–Trinajstić information content (AvgIpc) is 3.60. The van der Waals surface area contributed by atoms with Crippen molar-refractivity contribution in [1.82, 2.24) is 25.1 Å². The number of thioether (sulfide) groups is 1. The molecule has 33 heavy (non-hydrogen) atoms. The minimum absolute atomic E-state index is 0.0951. The van der Waals surface area contributed by atoms with Crippen LogP contribution in [-0.2, 0) is 4.79 Å². The number of rotatable bonds is 5. The molecule has 1 aliphatic heterocycles. The van der Waals surface area contributed by atoms with Crippen LogP contribution >= 0.6 is 23.1 Å². The van der Waals surface area contributed by atoms with E-state index in [9.17, 15) is 4.79 Å². The number of thiazole rings is 1. The van der Waals surface area contributed by atoms with Gasteiger partial charge in [-0.3, -0.25) is 4.79 Å². The molecule has 1 amide bonds. The highest BCUT2D eigenvalue weighted by Crippen LogP contribution is 2.34. The molecule has 1 aliphatic rings. The van der Waals surface area contributed by atoms with E-state index in [0.29, 0.717) is 23.6 Å². The first-order chi connectivity index (χ1) is 16.2. The molecule has 3 aromatic heterocycles. The van der Waals surface area contributed by atoms with Gasteiger partial charge < -0.3 is 14.3 Å². The quantitative estimate of drug-likeness (QED) is 0.346. The molecule has 1 N–H and O–H groups in total. The van der Waals surface area contributed by atoms with E-state index < -0.39 is 0 Å².